The second kappa shape index (κ2) is 4.70. The highest BCUT2D eigenvalue weighted by atomic mass is 15.2. The van der Waals surface area contributed by atoms with Gasteiger partial charge in [-0.05, 0) is 32.4 Å². The molecule has 0 aromatic carbocycles. The molecule has 3 nitrogen and oxygen atoms in total. The number of nitrogens with two attached hydrogens (primary N) is 1. The molecule has 1 saturated heterocycles. The van der Waals surface area contributed by atoms with Crippen LogP contribution in [-0.4, -0.2) is 31.6 Å². The highest BCUT2D eigenvalue weighted by Gasteiger charge is 2.14. The van der Waals surface area contributed by atoms with E-state index in [-0.39, 0.29) is 0 Å². The van der Waals surface area contributed by atoms with E-state index in [2.05, 4.69) is 17.4 Å². The number of nitrogens with one attached hydrogen (secondary N) is 1. The van der Waals surface area contributed by atoms with Gasteiger partial charge in [-0.25, -0.2) is 0 Å². The minimum absolute atomic E-state index is 0.757. The first-order valence-electron chi connectivity index (χ1n) is 4.45. The summed E-state index contributed by atoms with van der Waals surface area (Å²) < 4.78 is 0. The molecule has 1 fully saturated rings. The first kappa shape index (κ1) is 8.97. The summed E-state index contributed by atoms with van der Waals surface area (Å²) in [6, 6.07) is 0. The van der Waals surface area contributed by atoms with Crippen molar-refractivity contribution in [2.45, 2.75) is 19.3 Å². The number of hydrogen-bond donors (Lipinski definition) is 2. The van der Waals surface area contributed by atoms with Gasteiger partial charge < -0.3 is 4.90 Å². The molecule has 0 radical (unpaired) electrons. The van der Waals surface area contributed by atoms with Crippen LogP contribution in [0.1, 0.15) is 19.3 Å². The first-order valence-corrected chi connectivity index (χ1v) is 4.45. The van der Waals surface area contributed by atoms with E-state index in [0.717, 1.165) is 12.5 Å². The largest absolute Gasteiger partial charge is 0.306 e. The maximum absolute atomic E-state index is 5.29. The zero-order valence-corrected chi connectivity index (χ0v) is 7.34. The molecule has 1 unspecified atom stereocenters. The standard InChI is InChI=1S/C8H19N3/c1-11-5-3-2-4-8(7-11)6-10-9/h8,10H,2-7,9H2,1H3. The number of hydrazine groups is 1. The Morgan fingerprint density at radius 1 is 1.55 bits per heavy atom. The van der Waals surface area contributed by atoms with Crippen LogP contribution in [0.15, 0.2) is 0 Å². The Labute approximate surface area is 68.9 Å². The van der Waals surface area contributed by atoms with E-state index in [1.54, 1.807) is 0 Å². The van der Waals surface area contributed by atoms with Gasteiger partial charge in [-0.2, -0.15) is 0 Å². The zero-order chi connectivity index (χ0) is 8.10. The average Bonchev–Trinajstić information content (AvgIpc) is 2.15. The molecule has 0 aromatic heterocycles. The Morgan fingerprint density at radius 2 is 2.36 bits per heavy atom. The second-order valence-corrected chi connectivity index (χ2v) is 3.53. The van der Waals surface area contributed by atoms with Gasteiger partial charge in [0.2, 0.25) is 0 Å². The fourth-order valence-corrected chi connectivity index (χ4v) is 1.77. The van der Waals surface area contributed by atoms with Gasteiger partial charge in [-0.1, -0.05) is 6.42 Å². The molecule has 11 heavy (non-hydrogen) atoms. The number of rotatable bonds is 2. The van der Waals surface area contributed by atoms with Gasteiger partial charge in [0.1, 0.15) is 0 Å². The van der Waals surface area contributed by atoms with Crippen LogP contribution in [0.25, 0.3) is 0 Å². The van der Waals surface area contributed by atoms with E-state index in [1.807, 2.05) is 0 Å². The molecule has 0 saturated carbocycles. The van der Waals surface area contributed by atoms with Crippen LogP contribution in [-0.2, 0) is 0 Å². The summed E-state index contributed by atoms with van der Waals surface area (Å²) in [4.78, 5) is 2.40. The van der Waals surface area contributed by atoms with E-state index in [1.165, 1.54) is 32.4 Å². The molecule has 66 valence electrons. The summed E-state index contributed by atoms with van der Waals surface area (Å²) >= 11 is 0. The minimum Gasteiger partial charge on any atom is -0.306 e. The molecule has 1 atom stereocenters. The average molecular weight is 157 g/mol. The fraction of sp³-hybridized carbons (Fsp3) is 1.00. The predicted molar refractivity (Wildman–Crippen MR) is 47.0 cm³/mol. The van der Waals surface area contributed by atoms with Gasteiger partial charge in [-0.3, -0.25) is 11.3 Å². The predicted octanol–water partition coefficient (Wildman–Crippen LogP) is 0.182. The Bertz CT molecular complexity index is 106. The summed E-state index contributed by atoms with van der Waals surface area (Å²) in [7, 11) is 2.19. The van der Waals surface area contributed by atoms with Crippen molar-refractivity contribution in [3.63, 3.8) is 0 Å². The van der Waals surface area contributed by atoms with Gasteiger partial charge in [0.05, 0.1) is 0 Å². The van der Waals surface area contributed by atoms with Crippen molar-refractivity contribution in [2.75, 3.05) is 26.7 Å². The van der Waals surface area contributed by atoms with Crippen molar-refractivity contribution in [3.8, 4) is 0 Å². The van der Waals surface area contributed by atoms with Gasteiger partial charge in [0, 0.05) is 13.1 Å². The highest BCUT2D eigenvalue weighted by Crippen LogP contribution is 2.13. The topological polar surface area (TPSA) is 41.3 Å². The third-order valence-corrected chi connectivity index (χ3v) is 2.38. The van der Waals surface area contributed by atoms with Gasteiger partial charge in [0.25, 0.3) is 0 Å². The van der Waals surface area contributed by atoms with Crippen molar-refractivity contribution < 1.29 is 0 Å². The Balaban J connectivity index is 2.27. The molecule has 3 heteroatoms. The number of nitrogens with zero attached hydrogens (tertiary/aromatic N) is 1. The van der Waals surface area contributed by atoms with Gasteiger partial charge in [-0.15, -0.1) is 0 Å². The van der Waals surface area contributed by atoms with E-state index < -0.39 is 0 Å². The second-order valence-electron chi connectivity index (χ2n) is 3.53. The number of likely N-dealkylation sites (tertiary alicyclic amines) is 1. The number of hydrogen-bond acceptors (Lipinski definition) is 3. The minimum atomic E-state index is 0.757. The van der Waals surface area contributed by atoms with Gasteiger partial charge >= 0.3 is 0 Å². The monoisotopic (exact) mass is 157 g/mol. The quantitative estimate of drug-likeness (QED) is 0.444. The van der Waals surface area contributed by atoms with E-state index in [4.69, 9.17) is 5.84 Å². The SMILES string of the molecule is CN1CCCCC(CNN)C1. The summed E-state index contributed by atoms with van der Waals surface area (Å²) in [5, 5.41) is 0. The van der Waals surface area contributed by atoms with Crippen LogP contribution in [0.3, 0.4) is 0 Å². The molecule has 0 aliphatic carbocycles. The van der Waals surface area contributed by atoms with Crippen molar-refractivity contribution >= 4 is 0 Å². The van der Waals surface area contributed by atoms with E-state index in [9.17, 15) is 0 Å². The lowest BCUT2D eigenvalue weighted by Gasteiger charge is -2.18. The van der Waals surface area contributed by atoms with Gasteiger partial charge in [0.15, 0.2) is 0 Å². The smallest absolute Gasteiger partial charge is 0.0138 e. The Kier molecular flexibility index (Phi) is 3.83. The maximum Gasteiger partial charge on any atom is 0.0138 e. The molecule has 1 aliphatic heterocycles. The highest BCUT2D eigenvalue weighted by molar-refractivity contribution is 4.69. The first-order chi connectivity index (χ1) is 5.33. The molecule has 1 rings (SSSR count). The lowest BCUT2D eigenvalue weighted by Crippen LogP contribution is -2.34. The van der Waals surface area contributed by atoms with Crippen LogP contribution >= 0.6 is 0 Å². The van der Waals surface area contributed by atoms with Crippen LogP contribution in [0.4, 0.5) is 0 Å². The third-order valence-electron chi connectivity index (χ3n) is 2.38. The summed E-state index contributed by atoms with van der Waals surface area (Å²) in [6.45, 7) is 3.41. The lowest BCUT2D eigenvalue weighted by molar-refractivity contribution is 0.293. The molecule has 0 spiro atoms. The van der Waals surface area contributed by atoms with E-state index >= 15 is 0 Å². The maximum atomic E-state index is 5.29. The van der Waals surface area contributed by atoms with Crippen molar-refractivity contribution in [3.05, 3.63) is 0 Å². The van der Waals surface area contributed by atoms with E-state index in [0.29, 0.717) is 0 Å². The van der Waals surface area contributed by atoms with Crippen molar-refractivity contribution in [1.29, 1.82) is 0 Å². The summed E-state index contributed by atoms with van der Waals surface area (Å²) in [6.07, 6.45) is 4.03. The third kappa shape index (κ3) is 3.18. The Morgan fingerprint density at radius 3 is 3.09 bits per heavy atom. The normalized spacial score (nSPS) is 28.4. The molecule has 3 N–H and O–H groups in total. The van der Waals surface area contributed by atoms with Crippen LogP contribution < -0.4 is 11.3 Å². The molecule has 0 aromatic rings. The fourth-order valence-electron chi connectivity index (χ4n) is 1.77. The summed E-state index contributed by atoms with van der Waals surface area (Å²) in [5.41, 5.74) is 2.76. The molecule has 1 heterocycles. The molecule has 0 bridgehead atoms. The molecule has 1 aliphatic rings. The zero-order valence-electron chi connectivity index (χ0n) is 7.34. The Hall–Kier alpha value is -0.120. The van der Waals surface area contributed by atoms with Crippen LogP contribution in [0, 0.1) is 5.92 Å². The van der Waals surface area contributed by atoms with Crippen molar-refractivity contribution in [2.24, 2.45) is 11.8 Å². The van der Waals surface area contributed by atoms with Crippen LogP contribution in [0.2, 0.25) is 0 Å². The van der Waals surface area contributed by atoms with Crippen LogP contribution in [0.5, 0.6) is 0 Å². The summed E-state index contributed by atoms with van der Waals surface area (Å²) in [5.74, 6) is 6.04. The van der Waals surface area contributed by atoms with Crippen molar-refractivity contribution in [1.82, 2.24) is 10.3 Å². The molecule has 0 amide bonds. The lowest BCUT2D eigenvalue weighted by atomic mass is 10.0. The molecular formula is C8H19N3. The molecular weight excluding hydrogens is 138 g/mol.